The van der Waals surface area contributed by atoms with Crippen LogP contribution in [0.1, 0.15) is 52.4 Å². The Morgan fingerprint density at radius 3 is 2.48 bits per heavy atom. The molecule has 222 valence electrons. The quantitative estimate of drug-likeness (QED) is 0.253. The van der Waals surface area contributed by atoms with Crippen molar-refractivity contribution in [2.75, 3.05) is 43.4 Å². The van der Waals surface area contributed by atoms with Crippen LogP contribution in [-0.2, 0) is 0 Å². The lowest BCUT2D eigenvalue weighted by molar-refractivity contribution is 0.108. The normalized spacial score (nSPS) is 22.6. The Labute approximate surface area is 253 Å². The molecular weight excluding hydrogens is 578 g/mol. The molecule has 3 aliphatic rings. The third-order valence-corrected chi connectivity index (χ3v) is 10.6. The number of ether oxygens (including phenoxy) is 1. The molecule has 5 heterocycles. The van der Waals surface area contributed by atoms with E-state index in [2.05, 4.69) is 33.6 Å². The molecule has 2 N–H and O–H groups in total. The highest BCUT2D eigenvalue weighted by Crippen LogP contribution is 2.44. The maximum Gasteiger partial charge on any atom is 0.319 e. The molecule has 11 heteroatoms. The average molecular weight is 613 g/mol. The molecule has 0 bridgehead atoms. The average Bonchev–Trinajstić information content (AvgIpc) is 3.62. The van der Waals surface area contributed by atoms with Gasteiger partial charge in [0.05, 0.1) is 20.8 Å². The first kappa shape index (κ1) is 28.0. The molecule has 0 amide bonds. The molecule has 3 aliphatic heterocycles. The second-order valence-corrected chi connectivity index (χ2v) is 13.9. The predicted molar refractivity (Wildman–Crippen MR) is 166 cm³/mol. The van der Waals surface area contributed by atoms with Crippen LogP contribution in [0, 0.1) is 23.5 Å². The first-order valence-electron chi connectivity index (χ1n) is 14.9. The van der Waals surface area contributed by atoms with Crippen LogP contribution in [0.4, 0.5) is 19.7 Å². The Morgan fingerprint density at radius 1 is 1.05 bits per heavy atom. The van der Waals surface area contributed by atoms with Crippen molar-refractivity contribution in [1.82, 2.24) is 19.9 Å². The largest absolute Gasteiger partial charge is 0.461 e. The highest BCUT2D eigenvalue weighted by atomic mass is 35.5. The number of rotatable bonds is 5. The lowest BCUT2D eigenvalue weighted by Gasteiger charge is -2.31. The van der Waals surface area contributed by atoms with E-state index in [1.54, 1.807) is 6.07 Å². The zero-order valence-corrected chi connectivity index (χ0v) is 25.5. The topological polar surface area (TPSA) is 80.4 Å². The Hall–Kier alpha value is -2.82. The molecule has 3 fully saturated rings. The van der Waals surface area contributed by atoms with Crippen molar-refractivity contribution in [3.8, 4) is 17.1 Å². The summed E-state index contributed by atoms with van der Waals surface area (Å²) in [6, 6.07) is 4.69. The molecule has 2 aromatic heterocycles. The van der Waals surface area contributed by atoms with Crippen LogP contribution in [0.15, 0.2) is 18.2 Å². The van der Waals surface area contributed by atoms with Crippen molar-refractivity contribution in [3.63, 3.8) is 0 Å². The number of aromatic nitrogens is 3. The van der Waals surface area contributed by atoms with E-state index in [0.29, 0.717) is 35.2 Å². The molecule has 0 spiro atoms. The summed E-state index contributed by atoms with van der Waals surface area (Å²) < 4.78 is 38.0. The monoisotopic (exact) mass is 612 g/mol. The van der Waals surface area contributed by atoms with Gasteiger partial charge in [-0.2, -0.15) is 9.97 Å². The summed E-state index contributed by atoms with van der Waals surface area (Å²) in [7, 11) is 0. The number of anilines is 2. The van der Waals surface area contributed by atoms with E-state index in [1.165, 1.54) is 12.1 Å². The van der Waals surface area contributed by atoms with Crippen molar-refractivity contribution in [3.05, 3.63) is 34.9 Å². The minimum Gasteiger partial charge on any atom is -0.461 e. The van der Waals surface area contributed by atoms with Gasteiger partial charge in [-0.25, -0.2) is 13.8 Å². The van der Waals surface area contributed by atoms with Gasteiger partial charge < -0.3 is 15.4 Å². The highest BCUT2D eigenvalue weighted by Gasteiger charge is 2.45. The maximum absolute atomic E-state index is 16.8. The highest BCUT2D eigenvalue weighted by molar-refractivity contribution is 7.22. The molecule has 2 unspecified atom stereocenters. The number of hydrogen-bond donors (Lipinski definition) is 1. The summed E-state index contributed by atoms with van der Waals surface area (Å²) in [6.07, 6.45) is 6.72. The number of halogens is 3. The summed E-state index contributed by atoms with van der Waals surface area (Å²) in [5, 5.41) is 0.915. The molecule has 0 radical (unpaired) electrons. The predicted octanol–water partition coefficient (Wildman–Crippen LogP) is 7.30. The Morgan fingerprint density at radius 2 is 1.76 bits per heavy atom. The lowest BCUT2D eigenvalue weighted by Crippen LogP contribution is -2.43. The molecule has 0 saturated carbocycles. The van der Waals surface area contributed by atoms with Crippen LogP contribution in [-0.4, -0.2) is 58.2 Å². The summed E-state index contributed by atoms with van der Waals surface area (Å²) in [5.74, 6) is 0.476. The summed E-state index contributed by atoms with van der Waals surface area (Å²) in [4.78, 5) is 18.7. The molecule has 4 aromatic rings. The van der Waals surface area contributed by atoms with Crippen molar-refractivity contribution in [2.24, 2.45) is 11.8 Å². The van der Waals surface area contributed by atoms with Crippen LogP contribution >= 0.6 is 22.9 Å². The second kappa shape index (κ2) is 10.7. The van der Waals surface area contributed by atoms with Gasteiger partial charge in [0.25, 0.3) is 0 Å². The fourth-order valence-electron chi connectivity index (χ4n) is 7.32. The number of fused-ring (bicyclic) bond motifs is 3. The number of thiazole rings is 1. The first-order valence-corrected chi connectivity index (χ1v) is 16.1. The van der Waals surface area contributed by atoms with Gasteiger partial charge in [-0.3, -0.25) is 4.90 Å². The van der Waals surface area contributed by atoms with Gasteiger partial charge in [0.1, 0.15) is 23.8 Å². The zero-order chi connectivity index (χ0) is 29.2. The van der Waals surface area contributed by atoms with Crippen LogP contribution < -0.4 is 15.4 Å². The standard InChI is InChI=1S/C31H35ClF2N6OS/c1-17-5-6-18(2)15-39(14-17)28-20-13-21(32)23(19-7-8-22(33)27-26(19)36-29(35)42-27)24(34)25(20)37-30(38-28)41-16-31-9-3-11-40(31)12-4-10-31/h7-8,13,17-18H,3-6,9-12,14-16H2,1-2H3,(H2,35,36). The Kier molecular flexibility index (Phi) is 7.14. The van der Waals surface area contributed by atoms with Gasteiger partial charge in [0.15, 0.2) is 10.9 Å². The molecule has 42 heavy (non-hydrogen) atoms. The van der Waals surface area contributed by atoms with Gasteiger partial charge in [-0.15, -0.1) is 0 Å². The minimum atomic E-state index is -0.608. The number of benzene rings is 2. The van der Waals surface area contributed by atoms with E-state index in [9.17, 15) is 4.39 Å². The first-order chi connectivity index (χ1) is 20.2. The van der Waals surface area contributed by atoms with Gasteiger partial charge in [-0.05, 0) is 81.6 Å². The number of nitrogens with two attached hydrogens (primary N) is 1. The molecule has 2 atom stereocenters. The summed E-state index contributed by atoms with van der Waals surface area (Å²) in [5.41, 5.74) is 6.81. The Balaban J connectivity index is 1.39. The Bertz CT molecular complexity index is 1660. The van der Waals surface area contributed by atoms with E-state index >= 15 is 4.39 Å². The van der Waals surface area contributed by atoms with Crippen molar-refractivity contribution >= 4 is 55.0 Å². The molecule has 0 aliphatic carbocycles. The fourth-order valence-corrected chi connectivity index (χ4v) is 8.38. The van der Waals surface area contributed by atoms with Crippen LogP contribution in [0.25, 0.3) is 32.2 Å². The third-order valence-electron chi connectivity index (χ3n) is 9.42. The van der Waals surface area contributed by atoms with Crippen LogP contribution in [0.5, 0.6) is 6.01 Å². The van der Waals surface area contributed by atoms with Gasteiger partial charge >= 0.3 is 6.01 Å². The SMILES string of the molecule is CC1CCC(C)CN(c2nc(OCC34CCCN3CCC4)nc3c(F)c(-c4ccc(F)c5sc(N)nc45)c(Cl)cc23)C1. The molecule has 7 rings (SSSR count). The smallest absolute Gasteiger partial charge is 0.319 e. The van der Waals surface area contributed by atoms with Gasteiger partial charge in [0, 0.05) is 29.6 Å². The fraction of sp³-hybridized carbons (Fsp3) is 0.516. The van der Waals surface area contributed by atoms with E-state index in [0.717, 1.165) is 76.0 Å². The van der Waals surface area contributed by atoms with Crippen LogP contribution in [0.2, 0.25) is 5.02 Å². The van der Waals surface area contributed by atoms with Crippen molar-refractivity contribution in [1.29, 1.82) is 0 Å². The number of nitrogens with zero attached hydrogens (tertiary/aromatic N) is 5. The molecule has 3 saturated heterocycles. The lowest BCUT2D eigenvalue weighted by atomic mass is 9.95. The van der Waals surface area contributed by atoms with Gasteiger partial charge in [-0.1, -0.05) is 36.8 Å². The molecular formula is C31H35ClF2N6OS. The van der Waals surface area contributed by atoms with E-state index in [-0.39, 0.29) is 43.0 Å². The molecule has 2 aromatic carbocycles. The number of hydrogen-bond acceptors (Lipinski definition) is 8. The van der Waals surface area contributed by atoms with E-state index in [1.807, 2.05) is 0 Å². The zero-order valence-electron chi connectivity index (χ0n) is 23.9. The van der Waals surface area contributed by atoms with Crippen LogP contribution in [0.3, 0.4) is 0 Å². The van der Waals surface area contributed by atoms with Gasteiger partial charge in [0.2, 0.25) is 0 Å². The minimum absolute atomic E-state index is 0.00190. The second-order valence-electron chi connectivity index (χ2n) is 12.5. The van der Waals surface area contributed by atoms with E-state index < -0.39 is 11.6 Å². The summed E-state index contributed by atoms with van der Waals surface area (Å²) >= 11 is 7.86. The molecule has 7 nitrogen and oxygen atoms in total. The van der Waals surface area contributed by atoms with E-state index in [4.69, 9.17) is 27.1 Å². The summed E-state index contributed by atoms with van der Waals surface area (Å²) in [6.45, 7) is 8.72. The van der Waals surface area contributed by atoms with Crippen molar-refractivity contribution in [2.45, 2.75) is 57.9 Å². The third kappa shape index (κ3) is 4.75. The maximum atomic E-state index is 16.8. The van der Waals surface area contributed by atoms with Crippen molar-refractivity contribution < 1.29 is 13.5 Å². The number of nitrogen functional groups attached to an aromatic ring is 1.